The van der Waals surface area contributed by atoms with E-state index in [9.17, 15) is 9.59 Å². The summed E-state index contributed by atoms with van der Waals surface area (Å²) in [6, 6.07) is 46.7. The van der Waals surface area contributed by atoms with E-state index in [1.54, 1.807) is 24.3 Å². The third kappa shape index (κ3) is 6.60. The molecule has 2 heterocycles. The average molecular weight is 679 g/mol. The lowest BCUT2D eigenvalue weighted by Crippen LogP contribution is -2.01. The standard InChI is InChI=1S/C44H30N4O4/c1-27(49)51-35-19-13-31(14-20-35)43-42(30-11-7-4-8-12-30)47-39-25-33(18-24-38(39)46-43)34-17-23-37-40(26-34)48-44(41(45-37)29-9-5-3-6-10-29)32-15-21-36(22-16-32)52-28(2)50/h3-26H,1-2H3. The van der Waals surface area contributed by atoms with E-state index in [-0.39, 0.29) is 11.9 Å². The highest BCUT2D eigenvalue weighted by atomic mass is 16.5. The Balaban J connectivity index is 1.22. The van der Waals surface area contributed by atoms with Crippen molar-refractivity contribution in [2.75, 3.05) is 0 Å². The average Bonchev–Trinajstić information content (AvgIpc) is 3.17. The molecule has 0 unspecified atom stereocenters. The van der Waals surface area contributed by atoms with Crippen molar-refractivity contribution in [2.45, 2.75) is 13.8 Å². The number of benzene rings is 6. The number of fused-ring (bicyclic) bond motifs is 2. The minimum absolute atomic E-state index is 0.373. The molecule has 2 aromatic heterocycles. The number of hydrogen-bond donors (Lipinski definition) is 0. The predicted octanol–water partition coefficient (Wildman–Crippen LogP) is 9.76. The molecule has 0 fully saturated rings. The molecule has 8 aromatic rings. The summed E-state index contributed by atoms with van der Waals surface area (Å²) in [6.07, 6.45) is 0. The number of hydrogen-bond acceptors (Lipinski definition) is 8. The first-order valence-corrected chi connectivity index (χ1v) is 16.7. The van der Waals surface area contributed by atoms with Gasteiger partial charge >= 0.3 is 11.9 Å². The van der Waals surface area contributed by atoms with Gasteiger partial charge in [0.05, 0.1) is 44.8 Å². The largest absolute Gasteiger partial charge is 0.427 e. The van der Waals surface area contributed by atoms with Crippen LogP contribution in [0.1, 0.15) is 13.8 Å². The van der Waals surface area contributed by atoms with Crippen molar-refractivity contribution >= 4 is 34.0 Å². The molecule has 0 saturated heterocycles. The van der Waals surface area contributed by atoms with Crippen LogP contribution in [0.4, 0.5) is 0 Å². The highest BCUT2D eigenvalue weighted by Gasteiger charge is 2.17. The van der Waals surface area contributed by atoms with Crippen LogP contribution in [0.25, 0.3) is 78.2 Å². The Hall–Kier alpha value is -7.06. The number of nitrogens with zero attached hydrogens (tertiary/aromatic N) is 4. The maximum Gasteiger partial charge on any atom is 0.308 e. The smallest absolute Gasteiger partial charge is 0.308 e. The van der Waals surface area contributed by atoms with Crippen LogP contribution in [-0.2, 0) is 9.59 Å². The molecule has 0 atom stereocenters. The van der Waals surface area contributed by atoms with Crippen LogP contribution in [0, 0.1) is 0 Å². The second-order valence-electron chi connectivity index (χ2n) is 12.2. The molecular weight excluding hydrogens is 649 g/mol. The minimum Gasteiger partial charge on any atom is -0.427 e. The first-order chi connectivity index (χ1) is 25.4. The summed E-state index contributed by atoms with van der Waals surface area (Å²) >= 11 is 0. The lowest BCUT2D eigenvalue weighted by molar-refractivity contribution is -0.132. The monoisotopic (exact) mass is 678 g/mol. The lowest BCUT2D eigenvalue weighted by Gasteiger charge is -2.13. The van der Waals surface area contributed by atoms with Crippen molar-refractivity contribution in [3.8, 4) is 67.7 Å². The summed E-state index contributed by atoms with van der Waals surface area (Å²) in [4.78, 5) is 43.4. The quantitative estimate of drug-likeness (QED) is 0.121. The number of carbonyl (C=O) groups is 2. The third-order valence-corrected chi connectivity index (χ3v) is 8.53. The highest BCUT2D eigenvalue weighted by Crippen LogP contribution is 2.36. The van der Waals surface area contributed by atoms with Crippen LogP contribution in [0.3, 0.4) is 0 Å². The van der Waals surface area contributed by atoms with Crippen LogP contribution in [0.5, 0.6) is 11.5 Å². The van der Waals surface area contributed by atoms with Gasteiger partial charge in [0.1, 0.15) is 11.5 Å². The van der Waals surface area contributed by atoms with Crippen molar-refractivity contribution in [1.82, 2.24) is 19.9 Å². The topological polar surface area (TPSA) is 104 Å². The van der Waals surface area contributed by atoms with Gasteiger partial charge in [0.15, 0.2) is 0 Å². The van der Waals surface area contributed by atoms with E-state index >= 15 is 0 Å². The predicted molar refractivity (Wildman–Crippen MR) is 202 cm³/mol. The second-order valence-corrected chi connectivity index (χ2v) is 12.2. The molecule has 0 amide bonds. The molecule has 8 rings (SSSR count). The van der Waals surface area contributed by atoms with Crippen LogP contribution >= 0.6 is 0 Å². The normalized spacial score (nSPS) is 11.0. The fourth-order valence-corrected chi connectivity index (χ4v) is 6.16. The Bertz CT molecular complexity index is 2610. The number of aromatic nitrogens is 4. The highest BCUT2D eigenvalue weighted by molar-refractivity contribution is 5.92. The summed E-state index contributed by atoms with van der Waals surface area (Å²) in [5.74, 6) is 0.186. The van der Waals surface area contributed by atoms with Gasteiger partial charge in [-0.05, 0) is 83.9 Å². The van der Waals surface area contributed by atoms with E-state index in [1.807, 2.05) is 121 Å². The van der Waals surface area contributed by atoms with Crippen LogP contribution in [0.15, 0.2) is 146 Å². The van der Waals surface area contributed by atoms with Gasteiger partial charge in [0.25, 0.3) is 0 Å². The molecule has 8 nitrogen and oxygen atoms in total. The van der Waals surface area contributed by atoms with Gasteiger partial charge in [-0.25, -0.2) is 19.9 Å². The van der Waals surface area contributed by atoms with E-state index in [0.29, 0.717) is 11.5 Å². The molecule has 0 aliphatic rings. The number of ether oxygens (including phenoxy) is 2. The maximum absolute atomic E-state index is 11.5. The van der Waals surface area contributed by atoms with Crippen molar-refractivity contribution < 1.29 is 19.1 Å². The SMILES string of the molecule is CC(=O)Oc1ccc(-c2nc3ccc(-c4ccc5nc(-c6ccccc6)c(-c6ccc(OC(C)=O)cc6)nc5c4)cc3nc2-c2ccccc2)cc1. The molecule has 0 radical (unpaired) electrons. The molecule has 8 heteroatoms. The van der Waals surface area contributed by atoms with Gasteiger partial charge < -0.3 is 9.47 Å². The Kier molecular flexibility index (Phi) is 8.46. The van der Waals surface area contributed by atoms with Gasteiger partial charge in [0.2, 0.25) is 0 Å². The fourth-order valence-electron chi connectivity index (χ4n) is 6.16. The first kappa shape index (κ1) is 32.2. The second kappa shape index (κ2) is 13.7. The molecule has 0 bridgehead atoms. The number of carbonyl (C=O) groups excluding carboxylic acids is 2. The van der Waals surface area contributed by atoms with Gasteiger partial charge in [-0.1, -0.05) is 72.8 Å². The molecule has 0 aliphatic carbocycles. The Morgan fingerprint density at radius 3 is 1.02 bits per heavy atom. The van der Waals surface area contributed by atoms with E-state index in [1.165, 1.54) is 13.8 Å². The zero-order valence-electron chi connectivity index (χ0n) is 28.3. The lowest BCUT2D eigenvalue weighted by atomic mass is 10.0. The van der Waals surface area contributed by atoms with Crippen molar-refractivity contribution in [1.29, 1.82) is 0 Å². The Labute approximate surface area is 299 Å². The minimum atomic E-state index is -0.376. The Morgan fingerprint density at radius 2 is 0.673 bits per heavy atom. The number of rotatable bonds is 7. The first-order valence-electron chi connectivity index (χ1n) is 16.7. The van der Waals surface area contributed by atoms with Crippen LogP contribution < -0.4 is 9.47 Å². The summed E-state index contributed by atoms with van der Waals surface area (Å²) in [7, 11) is 0. The molecule has 0 N–H and O–H groups in total. The zero-order valence-corrected chi connectivity index (χ0v) is 28.3. The zero-order chi connectivity index (χ0) is 35.6. The fraction of sp³-hybridized carbons (Fsp3) is 0.0455. The molecule has 0 saturated carbocycles. The molecule has 0 spiro atoms. The molecule has 52 heavy (non-hydrogen) atoms. The van der Waals surface area contributed by atoms with Gasteiger partial charge in [-0.2, -0.15) is 0 Å². The maximum atomic E-state index is 11.5. The van der Waals surface area contributed by atoms with Crippen molar-refractivity contribution in [3.63, 3.8) is 0 Å². The Morgan fingerprint density at radius 1 is 0.365 bits per heavy atom. The van der Waals surface area contributed by atoms with Crippen molar-refractivity contribution in [2.24, 2.45) is 0 Å². The van der Waals surface area contributed by atoms with E-state index in [0.717, 1.165) is 78.2 Å². The molecular formula is C44H30N4O4. The van der Waals surface area contributed by atoms with E-state index in [4.69, 9.17) is 29.4 Å². The summed E-state index contributed by atoms with van der Waals surface area (Å²) < 4.78 is 10.5. The molecule has 250 valence electrons. The summed E-state index contributed by atoms with van der Waals surface area (Å²) in [5, 5.41) is 0. The number of esters is 2. The summed E-state index contributed by atoms with van der Waals surface area (Å²) in [6.45, 7) is 2.76. The molecule has 6 aromatic carbocycles. The van der Waals surface area contributed by atoms with Gasteiger partial charge in [0, 0.05) is 36.1 Å². The van der Waals surface area contributed by atoms with Crippen molar-refractivity contribution in [3.05, 3.63) is 146 Å². The van der Waals surface area contributed by atoms with Crippen LogP contribution in [0.2, 0.25) is 0 Å². The van der Waals surface area contributed by atoms with Gasteiger partial charge in [-0.15, -0.1) is 0 Å². The van der Waals surface area contributed by atoms with E-state index < -0.39 is 0 Å². The third-order valence-electron chi connectivity index (χ3n) is 8.53. The van der Waals surface area contributed by atoms with Gasteiger partial charge in [-0.3, -0.25) is 9.59 Å². The van der Waals surface area contributed by atoms with Crippen LogP contribution in [-0.4, -0.2) is 31.9 Å². The molecule has 0 aliphatic heterocycles. The summed E-state index contributed by atoms with van der Waals surface area (Å²) in [5.41, 5.74) is 11.4. The van der Waals surface area contributed by atoms with E-state index in [2.05, 4.69) is 0 Å².